The molecule has 2 atom stereocenters. The molecule has 0 bridgehead atoms. The predicted octanol–water partition coefficient (Wildman–Crippen LogP) is 2.18. The van der Waals surface area contributed by atoms with Crippen LogP contribution >= 0.6 is 0 Å². The summed E-state index contributed by atoms with van der Waals surface area (Å²) < 4.78 is 5.61. The van der Waals surface area contributed by atoms with Crippen molar-refractivity contribution in [1.29, 1.82) is 0 Å². The Morgan fingerprint density at radius 3 is 2.80 bits per heavy atom. The highest BCUT2D eigenvalue weighted by Crippen LogP contribution is 2.19. The summed E-state index contributed by atoms with van der Waals surface area (Å²) in [6.07, 6.45) is 6.62. The fourth-order valence-electron chi connectivity index (χ4n) is 3.26. The third-order valence-corrected chi connectivity index (χ3v) is 4.50. The molecule has 1 N–H and O–H groups in total. The first kappa shape index (κ1) is 15.8. The van der Waals surface area contributed by atoms with Gasteiger partial charge in [-0.1, -0.05) is 0 Å². The number of rotatable bonds is 6. The lowest BCUT2D eigenvalue weighted by molar-refractivity contribution is -0.134. The Hall–Kier alpha value is -0.610. The van der Waals surface area contributed by atoms with Gasteiger partial charge in [-0.05, 0) is 65.0 Å². The molecule has 2 fully saturated rings. The second-order valence-electron chi connectivity index (χ2n) is 6.53. The lowest BCUT2D eigenvalue weighted by Gasteiger charge is -2.33. The van der Waals surface area contributed by atoms with Crippen LogP contribution in [-0.4, -0.2) is 49.2 Å². The fraction of sp³-hybridized carbons (Fsp3) is 0.938. The Kier molecular flexibility index (Phi) is 6.30. The maximum absolute atomic E-state index is 12.5. The van der Waals surface area contributed by atoms with Crippen LogP contribution in [0.2, 0.25) is 0 Å². The van der Waals surface area contributed by atoms with E-state index in [-0.39, 0.29) is 0 Å². The molecule has 2 heterocycles. The number of carbonyl (C=O) groups is 1. The van der Waals surface area contributed by atoms with E-state index in [1.54, 1.807) is 0 Å². The smallest absolute Gasteiger partial charge is 0.222 e. The number of hydrogen-bond acceptors (Lipinski definition) is 3. The van der Waals surface area contributed by atoms with Gasteiger partial charge in [-0.2, -0.15) is 0 Å². The van der Waals surface area contributed by atoms with Gasteiger partial charge in [-0.3, -0.25) is 4.79 Å². The van der Waals surface area contributed by atoms with Crippen molar-refractivity contribution in [3.8, 4) is 0 Å². The molecule has 2 saturated heterocycles. The summed E-state index contributed by atoms with van der Waals surface area (Å²) in [6, 6.07) is 0.300. The van der Waals surface area contributed by atoms with Crippen LogP contribution in [0.15, 0.2) is 0 Å². The molecule has 2 rings (SSSR count). The van der Waals surface area contributed by atoms with Gasteiger partial charge in [0, 0.05) is 25.6 Å². The fourth-order valence-corrected chi connectivity index (χ4v) is 3.26. The zero-order valence-electron chi connectivity index (χ0n) is 13.1. The Bertz CT molecular complexity index is 295. The third-order valence-electron chi connectivity index (χ3n) is 4.50. The highest BCUT2D eigenvalue weighted by atomic mass is 16.5. The monoisotopic (exact) mass is 282 g/mol. The number of carbonyl (C=O) groups excluding carboxylic acids is 1. The lowest BCUT2D eigenvalue weighted by atomic mass is 9.98. The van der Waals surface area contributed by atoms with E-state index < -0.39 is 0 Å². The van der Waals surface area contributed by atoms with Gasteiger partial charge in [0.05, 0.1) is 6.10 Å². The van der Waals surface area contributed by atoms with E-state index in [4.69, 9.17) is 4.74 Å². The summed E-state index contributed by atoms with van der Waals surface area (Å²) in [4.78, 5) is 14.5. The van der Waals surface area contributed by atoms with E-state index in [0.29, 0.717) is 30.4 Å². The molecule has 0 saturated carbocycles. The molecule has 1 amide bonds. The van der Waals surface area contributed by atoms with E-state index in [0.717, 1.165) is 45.5 Å². The molecule has 116 valence electrons. The summed E-state index contributed by atoms with van der Waals surface area (Å²) in [5.41, 5.74) is 0. The van der Waals surface area contributed by atoms with E-state index >= 15 is 0 Å². The molecule has 4 heteroatoms. The van der Waals surface area contributed by atoms with Crippen molar-refractivity contribution in [3.05, 3.63) is 0 Å². The Morgan fingerprint density at radius 1 is 1.35 bits per heavy atom. The number of hydrogen-bond donors (Lipinski definition) is 1. The third kappa shape index (κ3) is 4.74. The van der Waals surface area contributed by atoms with E-state index in [2.05, 4.69) is 24.1 Å². The molecule has 2 unspecified atom stereocenters. The highest BCUT2D eigenvalue weighted by molar-refractivity contribution is 5.76. The predicted molar refractivity (Wildman–Crippen MR) is 80.7 cm³/mol. The molecular weight excluding hydrogens is 252 g/mol. The van der Waals surface area contributed by atoms with Gasteiger partial charge in [0.25, 0.3) is 0 Å². The van der Waals surface area contributed by atoms with E-state index in [1.165, 1.54) is 12.8 Å². The van der Waals surface area contributed by atoms with Crippen LogP contribution in [0.5, 0.6) is 0 Å². The van der Waals surface area contributed by atoms with Gasteiger partial charge >= 0.3 is 0 Å². The van der Waals surface area contributed by atoms with Gasteiger partial charge in [-0.25, -0.2) is 0 Å². The number of amides is 1. The average Bonchev–Trinajstić information content (AvgIpc) is 2.96. The maximum atomic E-state index is 12.5. The molecule has 0 radical (unpaired) electrons. The van der Waals surface area contributed by atoms with Gasteiger partial charge in [0.15, 0.2) is 0 Å². The van der Waals surface area contributed by atoms with Crippen LogP contribution in [-0.2, 0) is 9.53 Å². The maximum Gasteiger partial charge on any atom is 0.222 e. The molecule has 0 spiro atoms. The highest BCUT2D eigenvalue weighted by Gasteiger charge is 2.24. The normalized spacial score (nSPS) is 26.9. The van der Waals surface area contributed by atoms with Crippen molar-refractivity contribution in [3.63, 3.8) is 0 Å². The first-order valence-corrected chi connectivity index (χ1v) is 8.28. The molecular formula is C16H30N2O2. The number of ether oxygens (including phenoxy) is 1. The first-order valence-electron chi connectivity index (χ1n) is 8.28. The van der Waals surface area contributed by atoms with E-state index in [1.807, 2.05) is 0 Å². The minimum atomic E-state index is 0.300. The van der Waals surface area contributed by atoms with Gasteiger partial charge in [-0.15, -0.1) is 0 Å². The minimum absolute atomic E-state index is 0.300. The Labute approximate surface area is 123 Å². The number of piperidine rings is 1. The molecule has 0 aromatic rings. The summed E-state index contributed by atoms with van der Waals surface area (Å²) in [5.74, 6) is 0.930. The largest absolute Gasteiger partial charge is 0.378 e. The van der Waals surface area contributed by atoms with Crippen LogP contribution < -0.4 is 5.32 Å². The quantitative estimate of drug-likeness (QED) is 0.812. The van der Waals surface area contributed by atoms with Gasteiger partial charge in [0.2, 0.25) is 5.91 Å². The molecule has 2 aliphatic heterocycles. The first-order chi connectivity index (χ1) is 9.66. The van der Waals surface area contributed by atoms with E-state index in [9.17, 15) is 4.79 Å². The zero-order valence-corrected chi connectivity index (χ0v) is 13.1. The zero-order chi connectivity index (χ0) is 14.4. The molecule has 4 nitrogen and oxygen atoms in total. The molecule has 0 aromatic carbocycles. The summed E-state index contributed by atoms with van der Waals surface area (Å²) in [6.45, 7) is 8.23. The van der Waals surface area contributed by atoms with Crippen molar-refractivity contribution in [1.82, 2.24) is 10.2 Å². The molecule has 20 heavy (non-hydrogen) atoms. The Balaban J connectivity index is 1.78. The molecule has 0 aliphatic carbocycles. The van der Waals surface area contributed by atoms with Gasteiger partial charge < -0.3 is 15.0 Å². The standard InChI is InChI=1S/C16H30N2O2/c1-13(2)18(12-14-5-3-9-17-11-14)16(19)8-7-15-6-4-10-20-15/h13-15,17H,3-12H2,1-2H3. The van der Waals surface area contributed by atoms with Crippen molar-refractivity contribution < 1.29 is 9.53 Å². The number of nitrogens with zero attached hydrogens (tertiary/aromatic N) is 1. The minimum Gasteiger partial charge on any atom is -0.378 e. The average molecular weight is 282 g/mol. The van der Waals surface area contributed by atoms with Crippen LogP contribution in [0, 0.1) is 5.92 Å². The second kappa shape index (κ2) is 7.99. The van der Waals surface area contributed by atoms with Crippen molar-refractivity contribution >= 4 is 5.91 Å². The van der Waals surface area contributed by atoms with Crippen molar-refractivity contribution in [2.75, 3.05) is 26.2 Å². The number of nitrogens with one attached hydrogen (secondary N) is 1. The van der Waals surface area contributed by atoms with Crippen LogP contribution in [0.4, 0.5) is 0 Å². The SMILES string of the molecule is CC(C)N(CC1CCCNC1)C(=O)CCC1CCCO1. The summed E-state index contributed by atoms with van der Waals surface area (Å²) in [5, 5.41) is 3.44. The van der Waals surface area contributed by atoms with Crippen LogP contribution in [0.1, 0.15) is 52.4 Å². The van der Waals surface area contributed by atoms with Crippen LogP contribution in [0.25, 0.3) is 0 Å². The Morgan fingerprint density at radius 2 is 2.20 bits per heavy atom. The molecule has 0 aromatic heterocycles. The van der Waals surface area contributed by atoms with Crippen molar-refractivity contribution in [2.24, 2.45) is 5.92 Å². The van der Waals surface area contributed by atoms with Crippen LogP contribution in [0.3, 0.4) is 0 Å². The summed E-state index contributed by atoms with van der Waals surface area (Å²) in [7, 11) is 0. The van der Waals surface area contributed by atoms with Crippen molar-refractivity contribution in [2.45, 2.75) is 64.5 Å². The summed E-state index contributed by atoms with van der Waals surface area (Å²) >= 11 is 0. The van der Waals surface area contributed by atoms with Gasteiger partial charge in [0.1, 0.15) is 0 Å². The topological polar surface area (TPSA) is 41.6 Å². The lowest BCUT2D eigenvalue weighted by Crippen LogP contribution is -2.44. The molecule has 2 aliphatic rings. The second-order valence-corrected chi connectivity index (χ2v) is 6.53.